The molecule has 1 rings (SSSR count). The molecule has 0 fully saturated rings. The molecule has 13 heavy (non-hydrogen) atoms. The number of anilines is 1. The molecule has 1 heterocycles. The summed E-state index contributed by atoms with van der Waals surface area (Å²) >= 11 is 1.84. The Morgan fingerprint density at radius 2 is 1.85 bits per heavy atom. The fourth-order valence-electron chi connectivity index (χ4n) is 0.963. The van der Waals surface area contributed by atoms with E-state index in [1.165, 1.54) is 11.6 Å². The third kappa shape index (κ3) is 1.48. The van der Waals surface area contributed by atoms with Crippen LogP contribution >= 0.6 is 22.6 Å². The SMILES string of the molecule is Cn1c(NN)c(I)c(=O)n(C)c1=O. The van der Waals surface area contributed by atoms with Crippen molar-refractivity contribution < 1.29 is 0 Å². The van der Waals surface area contributed by atoms with Gasteiger partial charge < -0.3 is 5.43 Å². The maximum atomic E-state index is 11.4. The lowest BCUT2D eigenvalue weighted by Gasteiger charge is -2.10. The van der Waals surface area contributed by atoms with Crippen molar-refractivity contribution >= 4 is 28.4 Å². The molecule has 0 saturated heterocycles. The normalized spacial score (nSPS) is 10.2. The molecule has 0 bridgehead atoms. The van der Waals surface area contributed by atoms with Crippen molar-refractivity contribution in [2.45, 2.75) is 0 Å². The molecule has 0 aliphatic carbocycles. The molecule has 1 aromatic rings. The third-order valence-electron chi connectivity index (χ3n) is 1.75. The average molecular weight is 296 g/mol. The van der Waals surface area contributed by atoms with Crippen LogP contribution in [0.3, 0.4) is 0 Å². The Hall–Kier alpha value is -0.830. The van der Waals surface area contributed by atoms with Crippen LogP contribution in [0.1, 0.15) is 0 Å². The highest BCUT2D eigenvalue weighted by Crippen LogP contribution is 2.08. The van der Waals surface area contributed by atoms with E-state index in [0.29, 0.717) is 9.39 Å². The van der Waals surface area contributed by atoms with Gasteiger partial charge in [0.1, 0.15) is 9.39 Å². The van der Waals surface area contributed by atoms with E-state index in [9.17, 15) is 9.59 Å². The molecule has 0 saturated carbocycles. The highest BCUT2D eigenvalue weighted by Gasteiger charge is 2.11. The molecule has 6 nitrogen and oxygen atoms in total. The zero-order valence-electron chi connectivity index (χ0n) is 7.17. The highest BCUT2D eigenvalue weighted by molar-refractivity contribution is 14.1. The number of hydrogen-bond acceptors (Lipinski definition) is 4. The number of halogens is 1. The predicted octanol–water partition coefficient (Wildman–Crippen LogP) is -1.03. The standard InChI is InChI=1S/C6H9IN4O2/c1-10-4(9-8)3(7)5(12)11(2)6(10)13/h9H,8H2,1-2H3. The van der Waals surface area contributed by atoms with Crippen LogP contribution in [-0.2, 0) is 14.1 Å². The average Bonchev–Trinajstić information content (AvgIpc) is 2.13. The molecule has 0 amide bonds. The van der Waals surface area contributed by atoms with Crippen molar-refractivity contribution in [3.05, 3.63) is 24.4 Å². The van der Waals surface area contributed by atoms with Crippen LogP contribution in [0, 0.1) is 3.57 Å². The van der Waals surface area contributed by atoms with Crippen LogP contribution in [0.15, 0.2) is 9.59 Å². The zero-order valence-corrected chi connectivity index (χ0v) is 9.32. The van der Waals surface area contributed by atoms with Gasteiger partial charge in [0, 0.05) is 14.1 Å². The van der Waals surface area contributed by atoms with Gasteiger partial charge in [0.05, 0.1) is 0 Å². The van der Waals surface area contributed by atoms with Gasteiger partial charge in [-0.05, 0) is 22.6 Å². The van der Waals surface area contributed by atoms with Crippen molar-refractivity contribution in [1.82, 2.24) is 9.13 Å². The number of hydrazine groups is 1. The highest BCUT2D eigenvalue weighted by atomic mass is 127. The molecule has 0 unspecified atom stereocenters. The van der Waals surface area contributed by atoms with E-state index in [2.05, 4.69) is 5.43 Å². The van der Waals surface area contributed by atoms with Crippen LogP contribution in [0.25, 0.3) is 0 Å². The van der Waals surface area contributed by atoms with Crippen LogP contribution in [0.4, 0.5) is 5.82 Å². The van der Waals surface area contributed by atoms with Gasteiger partial charge in [-0.1, -0.05) is 0 Å². The molecule has 0 atom stereocenters. The summed E-state index contributed by atoms with van der Waals surface area (Å²) in [6.45, 7) is 0. The maximum Gasteiger partial charge on any atom is 0.332 e. The number of nitrogens with zero attached hydrogens (tertiary/aromatic N) is 2. The Labute approximate surface area is 87.5 Å². The Kier molecular flexibility index (Phi) is 2.76. The number of nitrogen functional groups attached to an aromatic ring is 1. The lowest BCUT2D eigenvalue weighted by atomic mass is 10.5. The molecule has 72 valence electrons. The van der Waals surface area contributed by atoms with E-state index < -0.39 is 5.69 Å². The summed E-state index contributed by atoms with van der Waals surface area (Å²) in [7, 11) is 2.96. The van der Waals surface area contributed by atoms with Gasteiger partial charge in [0.2, 0.25) is 0 Å². The lowest BCUT2D eigenvalue weighted by molar-refractivity contribution is 0.683. The molecule has 0 radical (unpaired) electrons. The van der Waals surface area contributed by atoms with Gasteiger partial charge in [-0.25, -0.2) is 10.6 Å². The molecule has 7 heteroatoms. The van der Waals surface area contributed by atoms with E-state index in [0.717, 1.165) is 4.57 Å². The second-order valence-electron chi connectivity index (χ2n) is 2.51. The first-order chi connectivity index (χ1) is 6.00. The van der Waals surface area contributed by atoms with Gasteiger partial charge in [-0.3, -0.25) is 13.9 Å². The lowest BCUT2D eigenvalue weighted by Crippen LogP contribution is -2.40. The molecule has 3 N–H and O–H groups in total. The van der Waals surface area contributed by atoms with Gasteiger partial charge in [0.25, 0.3) is 5.56 Å². The first kappa shape index (κ1) is 10.3. The van der Waals surface area contributed by atoms with Gasteiger partial charge in [0.15, 0.2) is 0 Å². The summed E-state index contributed by atoms with van der Waals surface area (Å²) in [6, 6.07) is 0. The summed E-state index contributed by atoms with van der Waals surface area (Å²) in [5.74, 6) is 5.50. The van der Waals surface area contributed by atoms with Crippen molar-refractivity contribution in [3.8, 4) is 0 Å². The van der Waals surface area contributed by atoms with Gasteiger partial charge in [-0.2, -0.15) is 0 Å². The molecule has 0 spiro atoms. The number of nitrogens with one attached hydrogen (secondary N) is 1. The Balaban J connectivity index is 3.78. The van der Waals surface area contributed by atoms with Crippen molar-refractivity contribution in [1.29, 1.82) is 0 Å². The third-order valence-corrected chi connectivity index (χ3v) is 2.72. The monoisotopic (exact) mass is 296 g/mol. The first-order valence-electron chi connectivity index (χ1n) is 3.42. The van der Waals surface area contributed by atoms with Crippen LogP contribution in [-0.4, -0.2) is 9.13 Å². The summed E-state index contributed by atoms with van der Waals surface area (Å²) in [4.78, 5) is 22.7. The first-order valence-corrected chi connectivity index (χ1v) is 4.50. The Morgan fingerprint density at radius 1 is 1.31 bits per heavy atom. The zero-order chi connectivity index (χ0) is 10.2. The largest absolute Gasteiger partial charge is 0.332 e. The second-order valence-corrected chi connectivity index (χ2v) is 3.59. The van der Waals surface area contributed by atoms with E-state index >= 15 is 0 Å². The van der Waals surface area contributed by atoms with Crippen LogP contribution < -0.4 is 22.5 Å². The molecule has 0 aromatic carbocycles. The Bertz CT molecular complexity index is 410. The number of nitrogens with two attached hydrogens (primary N) is 1. The van der Waals surface area contributed by atoms with E-state index in [1.54, 1.807) is 7.05 Å². The summed E-state index contributed by atoms with van der Waals surface area (Å²) in [6.07, 6.45) is 0. The smallest absolute Gasteiger partial charge is 0.309 e. The fourth-order valence-corrected chi connectivity index (χ4v) is 1.84. The van der Waals surface area contributed by atoms with Crippen LogP contribution in [0.5, 0.6) is 0 Å². The van der Waals surface area contributed by atoms with Crippen molar-refractivity contribution in [2.75, 3.05) is 5.43 Å². The summed E-state index contributed by atoms with van der Waals surface area (Å²) < 4.78 is 2.70. The molecule has 0 aliphatic rings. The minimum Gasteiger partial charge on any atom is -0.309 e. The quantitative estimate of drug-likeness (QED) is 0.394. The topological polar surface area (TPSA) is 82.1 Å². The van der Waals surface area contributed by atoms with E-state index in [1.807, 2.05) is 22.6 Å². The Morgan fingerprint density at radius 3 is 2.31 bits per heavy atom. The van der Waals surface area contributed by atoms with Crippen LogP contribution in [0.2, 0.25) is 0 Å². The second kappa shape index (κ2) is 3.50. The summed E-state index contributed by atoms with van der Waals surface area (Å²) in [5, 5.41) is 0. The fraction of sp³-hybridized carbons (Fsp3) is 0.333. The van der Waals surface area contributed by atoms with Gasteiger partial charge in [-0.15, -0.1) is 0 Å². The number of aromatic nitrogens is 2. The maximum absolute atomic E-state index is 11.4. The number of hydrogen-bond donors (Lipinski definition) is 2. The summed E-state index contributed by atoms with van der Waals surface area (Å²) in [5.41, 5.74) is 1.56. The minimum absolute atomic E-state index is 0.328. The van der Waals surface area contributed by atoms with Gasteiger partial charge >= 0.3 is 5.69 Å². The molecule has 0 aliphatic heterocycles. The van der Waals surface area contributed by atoms with Crippen molar-refractivity contribution in [3.63, 3.8) is 0 Å². The number of rotatable bonds is 1. The molecular weight excluding hydrogens is 287 g/mol. The minimum atomic E-state index is -0.404. The van der Waals surface area contributed by atoms with E-state index in [-0.39, 0.29) is 5.56 Å². The predicted molar refractivity (Wildman–Crippen MR) is 57.5 cm³/mol. The molecular formula is C6H9IN4O2. The van der Waals surface area contributed by atoms with Crippen molar-refractivity contribution in [2.24, 2.45) is 19.9 Å². The molecule has 1 aromatic heterocycles. The van der Waals surface area contributed by atoms with E-state index in [4.69, 9.17) is 5.84 Å².